The van der Waals surface area contributed by atoms with Crippen molar-refractivity contribution in [3.8, 4) is 0 Å². The molecule has 0 aliphatic heterocycles. The largest absolute Gasteiger partial charge is 0.396 e. The van der Waals surface area contributed by atoms with Gasteiger partial charge in [-0.3, -0.25) is 0 Å². The Morgan fingerprint density at radius 1 is 1.00 bits per heavy atom. The fourth-order valence-electron chi connectivity index (χ4n) is 8.49. The monoisotopic (exact) mass is 362 g/mol. The van der Waals surface area contributed by atoms with Crippen molar-refractivity contribution in [2.24, 2.45) is 52.8 Å². The Morgan fingerprint density at radius 3 is 2.58 bits per heavy atom. The maximum atomic E-state index is 9.76. The van der Waals surface area contributed by atoms with E-state index in [-0.39, 0.29) is 0 Å². The molecular weight excluding hydrogens is 320 g/mol. The van der Waals surface area contributed by atoms with Crippen LogP contribution in [0, 0.1) is 52.8 Å². The molecule has 0 amide bonds. The maximum Gasteiger partial charge on any atom is 0.0494 e. The van der Waals surface area contributed by atoms with Crippen LogP contribution in [-0.2, 0) is 4.74 Å². The molecule has 2 heteroatoms. The van der Waals surface area contributed by atoms with Gasteiger partial charge in [-0.15, -0.1) is 0 Å². The van der Waals surface area contributed by atoms with E-state index >= 15 is 0 Å². The molecule has 9 unspecified atom stereocenters. The summed E-state index contributed by atoms with van der Waals surface area (Å²) in [6, 6.07) is 0. The van der Waals surface area contributed by atoms with E-state index in [0.717, 1.165) is 54.6 Å². The third-order valence-corrected chi connectivity index (χ3v) is 9.67. The highest BCUT2D eigenvalue weighted by Gasteiger charge is 2.57. The average Bonchev–Trinajstić information content (AvgIpc) is 3.02. The van der Waals surface area contributed by atoms with Crippen LogP contribution in [0.2, 0.25) is 0 Å². The lowest BCUT2D eigenvalue weighted by atomic mass is 9.49. The fourth-order valence-corrected chi connectivity index (χ4v) is 8.49. The zero-order chi connectivity index (χ0) is 18.3. The SMILES string of the molecule is CCOCC1CCC2C(CCC3C2CCC2(C)C(C(C)CO)CCC32)C1. The smallest absolute Gasteiger partial charge is 0.0494 e. The van der Waals surface area contributed by atoms with Crippen molar-refractivity contribution < 1.29 is 9.84 Å². The summed E-state index contributed by atoms with van der Waals surface area (Å²) in [7, 11) is 0. The Balaban J connectivity index is 1.44. The van der Waals surface area contributed by atoms with Crippen molar-refractivity contribution in [3.63, 3.8) is 0 Å². The molecule has 0 aromatic heterocycles. The first kappa shape index (κ1) is 19.2. The molecule has 4 aliphatic rings. The minimum Gasteiger partial charge on any atom is -0.396 e. The molecular formula is C24H42O2. The quantitative estimate of drug-likeness (QED) is 0.696. The van der Waals surface area contributed by atoms with E-state index in [4.69, 9.17) is 4.74 Å². The highest BCUT2D eigenvalue weighted by molar-refractivity contribution is 5.06. The molecule has 0 radical (unpaired) electrons. The van der Waals surface area contributed by atoms with Gasteiger partial charge in [-0.2, -0.15) is 0 Å². The minimum absolute atomic E-state index is 0.382. The van der Waals surface area contributed by atoms with Crippen molar-refractivity contribution in [1.29, 1.82) is 0 Å². The van der Waals surface area contributed by atoms with Crippen LogP contribution in [0.15, 0.2) is 0 Å². The first-order valence-corrected chi connectivity index (χ1v) is 11.8. The van der Waals surface area contributed by atoms with E-state index in [2.05, 4.69) is 20.8 Å². The van der Waals surface area contributed by atoms with E-state index in [0.29, 0.717) is 17.9 Å². The van der Waals surface area contributed by atoms with Crippen LogP contribution in [-0.4, -0.2) is 24.9 Å². The number of ether oxygens (including phenoxy) is 1. The van der Waals surface area contributed by atoms with Gasteiger partial charge in [0.1, 0.15) is 0 Å². The zero-order valence-corrected chi connectivity index (χ0v) is 17.5. The lowest BCUT2D eigenvalue weighted by Gasteiger charge is -2.56. The molecule has 4 saturated carbocycles. The molecule has 2 nitrogen and oxygen atoms in total. The molecule has 4 aliphatic carbocycles. The van der Waals surface area contributed by atoms with Gasteiger partial charge in [0.25, 0.3) is 0 Å². The summed E-state index contributed by atoms with van der Waals surface area (Å²) in [5.74, 6) is 7.06. The molecule has 4 fully saturated rings. The van der Waals surface area contributed by atoms with Crippen molar-refractivity contribution >= 4 is 0 Å². The van der Waals surface area contributed by atoms with Crippen molar-refractivity contribution in [1.82, 2.24) is 0 Å². The number of aliphatic hydroxyl groups is 1. The van der Waals surface area contributed by atoms with Gasteiger partial charge in [0.2, 0.25) is 0 Å². The van der Waals surface area contributed by atoms with Gasteiger partial charge >= 0.3 is 0 Å². The van der Waals surface area contributed by atoms with E-state index in [1.165, 1.54) is 57.8 Å². The Kier molecular flexibility index (Phi) is 5.73. The molecule has 0 aromatic carbocycles. The standard InChI is InChI=1S/C24H42O2/c1-4-26-15-17-5-7-19-18(13-17)6-8-21-20(19)11-12-24(3)22(16(2)14-25)9-10-23(21)24/h16-23,25H,4-15H2,1-3H3. The molecule has 1 N–H and O–H groups in total. The molecule has 4 rings (SSSR count). The number of hydrogen-bond acceptors (Lipinski definition) is 2. The fraction of sp³-hybridized carbons (Fsp3) is 1.00. The van der Waals surface area contributed by atoms with Crippen LogP contribution in [0.25, 0.3) is 0 Å². The van der Waals surface area contributed by atoms with E-state index in [1.54, 1.807) is 0 Å². The lowest BCUT2D eigenvalue weighted by Crippen LogP contribution is -2.49. The zero-order valence-electron chi connectivity index (χ0n) is 17.5. The van der Waals surface area contributed by atoms with Crippen LogP contribution in [0.4, 0.5) is 0 Å². The molecule has 0 bridgehead atoms. The van der Waals surface area contributed by atoms with Crippen molar-refractivity contribution in [2.75, 3.05) is 19.8 Å². The Labute approximate surface area is 161 Å². The summed E-state index contributed by atoms with van der Waals surface area (Å²) in [6.07, 6.45) is 13.0. The second-order valence-corrected chi connectivity index (χ2v) is 10.7. The van der Waals surface area contributed by atoms with Crippen molar-refractivity contribution in [3.05, 3.63) is 0 Å². The Morgan fingerprint density at radius 2 is 1.81 bits per heavy atom. The summed E-state index contributed by atoms with van der Waals surface area (Å²) in [4.78, 5) is 0. The highest BCUT2D eigenvalue weighted by atomic mass is 16.5. The summed E-state index contributed by atoms with van der Waals surface area (Å²) >= 11 is 0. The Hall–Kier alpha value is -0.0800. The van der Waals surface area contributed by atoms with Gasteiger partial charge in [-0.25, -0.2) is 0 Å². The molecule has 150 valence electrons. The number of rotatable bonds is 5. The van der Waals surface area contributed by atoms with E-state index < -0.39 is 0 Å². The van der Waals surface area contributed by atoms with E-state index in [1.807, 2.05) is 0 Å². The van der Waals surface area contributed by atoms with E-state index in [9.17, 15) is 5.11 Å². The van der Waals surface area contributed by atoms with Gasteiger partial charge in [0, 0.05) is 19.8 Å². The van der Waals surface area contributed by atoms with Crippen molar-refractivity contribution in [2.45, 2.75) is 78.6 Å². The normalized spacial score (nSPS) is 49.2. The van der Waals surface area contributed by atoms with Gasteiger partial charge < -0.3 is 9.84 Å². The first-order valence-electron chi connectivity index (χ1n) is 11.8. The second kappa shape index (κ2) is 7.74. The molecule has 26 heavy (non-hydrogen) atoms. The summed E-state index contributed by atoms with van der Waals surface area (Å²) in [6.45, 7) is 9.29. The van der Waals surface area contributed by atoms with Gasteiger partial charge in [-0.1, -0.05) is 13.8 Å². The predicted octanol–water partition coefficient (Wildman–Crippen LogP) is 5.54. The minimum atomic E-state index is 0.382. The van der Waals surface area contributed by atoms with Crippen LogP contribution in [0.3, 0.4) is 0 Å². The van der Waals surface area contributed by atoms with Gasteiger partial charge in [0.15, 0.2) is 0 Å². The number of fused-ring (bicyclic) bond motifs is 5. The third kappa shape index (κ3) is 3.17. The van der Waals surface area contributed by atoms with Gasteiger partial charge in [0.05, 0.1) is 0 Å². The molecule has 9 atom stereocenters. The first-order chi connectivity index (χ1) is 12.6. The molecule has 0 saturated heterocycles. The molecule has 0 aromatic rings. The summed E-state index contributed by atoms with van der Waals surface area (Å²) < 4.78 is 5.75. The highest BCUT2D eigenvalue weighted by Crippen LogP contribution is 2.65. The topological polar surface area (TPSA) is 29.5 Å². The van der Waals surface area contributed by atoms with Crippen LogP contribution >= 0.6 is 0 Å². The lowest BCUT2D eigenvalue weighted by molar-refractivity contribution is -0.0799. The average molecular weight is 363 g/mol. The predicted molar refractivity (Wildman–Crippen MR) is 107 cm³/mol. The van der Waals surface area contributed by atoms with Crippen LogP contribution < -0.4 is 0 Å². The molecule has 0 spiro atoms. The number of hydrogen-bond donors (Lipinski definition) is 1. The maximum absolute atomic E-state index is 9.76. The Bertz CT molecular complexity index is 477. The second-order valence-electron chi connectivity index (χ2n) is 10.7. The van der Waals surface area contributed by atoms with Crippen LogP contribution in [0.1, 0.15) is 78.6 Å². The summed E-state index contributed by atoms with van der Waals surface area (Å²) in [5, 5.41) is 9.76. The molecule has 0 heterocycles. The van der Waals surface area contributed by atoms with Gasteiger partial charge in [-0.05, 0) is 117 Å². The summed E-state index contributed by atoms with van der Waals surface area (Å²) in [5.41, 5.74) is 0.516. The van der Waals surface area contributed by atoms with Crippen LogP contribution in [0.5, 0.6) is 0 Å². The number of aliphatic hydroxyl groups excluding tert-OH is 1. The third-order valence-electron chi connectivity index (χ3n) is 9.67.